The van der Waals surface area contributed by atoms with Gasteiger partial charge in [0.25, 0.3) is 0 Å². The fourth-order valence-corrected chi connectivity index (χ4v) is 2.53. The van der Waals surface area contributed by atoms with Crippen molar-refractivity contribution in [2.75, 3.05) is 13.7 Å². The average molecular weight is 291 g/mol. The van der Waals surface area contributed by atoms with Gasteiger partial charge in [0, 0.05) is 11.2 Å². The summed E-state index contributed by atoms with van der Waals surface area (Å²) in [4.78, 5) is 4.22. The van der Waals surface area contributed by atoms with E-state index >= 15 is 0 Å². The predicted octanol–water partition coefficient (Wildman–Crippen LogP) is 3.75. The van der Waals surface area contributed by atoms with Crippen LogP contribution < -0.4 is 10.1 Å². The first kappa shape index (κ1) is 14.8. The first-order chi connectivity index (χ1) is 9.65. The van der Waals surface area contributed by atoms with E-state index < -0.39 is 0 Å². The summed E-state index contributed by atoms with van der Waals surface area (Å²) in [6, 6.07) is 8.10. The summed E-state index contributed by atoms with van der Waals surface area (Å²) < 4.78 is 5.25. The lowest BCUT2D eigenvalue weighted by Crippen LogP contribution is -2.22. The zero-order chi connectivity index (χ0) is 14.5. The highest BCUT2D eigenvalue weighted by Gasteiger charge is 2.17. The number of halogens is 1. The summed E-state index contributed by atoms with van der Waals surface area (Å²) in [6.07, 6.45) is 3.54. The molecular weight excluding hydrogens is 272 g/mol. The lowest BCUT2D eigenvalue weighted by Gasteiger charge is -2.20. The van der Waals surface area contributed by atoms with Crippen LogP contribution in [0.2, 0.25) is 5.02 Å². The van der Waals surface area contributed by atoms with E-state index in [2.05, 4.69) is 29.4 Å². The Hall–Kier alpha value is -1.58. The number of pyridine rings is 1. The van der Waals surface area contributed by atoms with Gasteiger partial charge in [0.15, 0.2) is 0 Å². The fourth-order valence-electron chi connectivity index (χ4n) is 2.18. The summed E-state index contributed by atoms with van der Waals surface area (Å²) in [7, 11) is 1.64. The van der Waals surface area contributed by atoms with E-state index in [-0.39, 0.29) is 6.04 Å². The van der Waals surface area contributed by atoms with Crippen LogP contribution in [0.4, 0.5) is 0 Å². The molecule has 0 amide bonds. The standard InChI is InChI=1S/C16H19ClN2O/c1-4-19-16(12-8-13(20-3)10-18-9-12)14-6-5-11(2)7-15(14)17/h5-10,16,19H,4H2,1-3H3. The SMILES string of the molecule is CCNC(c1cncc(OC)c1)c1ccc(C)cc1Cl. The van der Waals surface area contributed by atoms with Gasteiger partial charge >= 0.3 is 0 Å². The van der Waals surface area contributed by atoms with Crippen molar-refractivity contribution in [1.82, 2.24) is 10.3 Å². The van der Waals surface area contributed by atoms with Crippen LogP contribution in [-0.2, 0) is 0 Å². The highest BCUT2D eigenvalue weighted by atomic mass is 35.5. The molecular formula is C16H19ClN2O. The Morgan fingerprint density at radius 1 is 1.30 bits per heavy atom. The van der Waals surface area contributed by atoms with Crippen molar-refractivity contribution in [3.8, 4) is 5.75 Å². The summed E-state index contributed by atoms with van der Waals surface area (Å²) in [6.45, 7) is 4.94. The summed E-state index contributed by atoms with van der Waals surface area (Å²) in [5.74, 6) is 0.744. The van der Waals surface area contributed by atoms with Crippen molar-refractivity contribution in [2.45, 2.75) is 19.9 Å². The molecule has 3 nitrogen and oxygen atoms in total. The minimum Gasteiger partial charge on any atom is -0.495 e. The number of methoxy groups -OCH3 is 1. The van der Waals surface area contributed by atoms with Crippen molar-refractivity contribution in [3.05, 3.63) is 58.4 Å². The van der Waals surface area contributed by atoms with Gasteiger partial charge in [-0.1, -0.05) is 30.7 Å². The molecule has 4 heteroatoms. The van der Waals surface area contributed by atoms with E-state index in [9.17, 15) is 0 Å². The third kappa shape index (κ3) is 3.30. The van der Waals surface area contributed by atoms with Crippen LogP contribution in [0.5, 0.6) is 5.75 Å². The molecule has 1 aromatic carbocycles. The molecule has 1 heterocycles. The van der Waals surface area contributed by atoms with Crippen molar-refractivity contribution >= 4 is 11.6 Å². The molecule has 106 valence electrons. The summed E-state index contributed by atoms with van der Waals surface area (Å²) in [5.41, 5.74) is 3.24. The third-order valence-corrected chi connectivity index (χ3v) is 3.51. The van der Waals surface area contributed by atoms with Crippen LogP contribution in [0.3, 0.4) is 0 Å². The van der Waals surface area contributed by atoms with Crippen LogP contribution in [0.15, 0.2) is 36.7 Å². The van der Waals surface area contributed by atoms with Gasteiger partial charge in [0.05, 0.1) is 19.3 Å². The molecule has 2 aromatic rings. The van der Waals surface area contributed by atoms with Gasteiger partial charge < -0.3 is 10.1 Å². The van der Waals surface area contributed by atoms with Gasteiger partial charge in [-0.15, -0.1) is 0 Å². The minimum atomic E-state index is 0.00991. The second-order valence-electron chi connectivity index (χ2n) is 4.67. The maximum Gasteiger partial charge on any atom is 0.137 e. The highest BCUT2D eigenvalue weighted by molar-refractivity contribution is 6.31. The Morgan fingerprint density at radius 3 is 2.75 bits per heavy atom. The first-order valence-corrected chi connectivity index (χ1v) is 7.02. The van der Waals surface area contributed by atoms with Crippen LogP contribution >= 0.6 is 11.6 Å². The smallest absolute Gasteiger partial charge is 0.137 e. The number of hydrogen-bond donors (Lipinski definition) is 1. The third-order valence-electron chi connectivity index (χ3n) is 3.18. The second-order valence-corrected chi connectivity index (χ2v) is 5.08. The second kappa shape index (κ2) is 6.73. The van der Waals surface area contributed by atoms with Gasteiger partial charge in [0.1, 0.15) is 5.75 Å². The Morgan fingerprint density at radius 2 is 2.10 bits per heavy atom. The van der Waals surface area contributed by atoms with Gasteiger partial charge in [0.2, 0.25) is 0 Å². The number of aryl methyl sites for hydroxylation is 1. The van der Waals surface area contributed by atoms with Gasteiger partial charge in [-0.25, -0.2) is 0 Å². The van der Waals surface area contributed by atoms with Gasteiger partial charge in [-0.2, -0.15) is 0 Å². The van der Waals surface area contributed by atoms with E-state index in [4.69, 9.17) is 16.3 Å². The predicted molar refractivity (Wildman–Crippen MR) is 82.5 cm³/mol. The molecule has 0 bridgehead atoms. The topological polar surface area (TPSA) is 34.2 Å². The molecule has 0 radical (unpaired) electrons. The van der Waals surface area contributed by atoms with Crippen LogP contribution in [-0.4, -0.2) is 18.6 Å². The molecule has 0 spiro atoms. The molecule has 0 fully saturated rings. The molecule has 0 aliphatic rings. The van der Waals surface area contributed by atoms with E-state index in [0.717, 1.165) is 34.0 Å². The molecule has 1 unspecified atom stereocenters. The molecule has 1 N–H and O–H groups in total. The van der Waals surface area contributed by atoms with Gasteiger partial charge in [-0.05, 0) is 42.3 Å². The molecule has 1 aromatic heterocycles. The number of nitrogens with zero attached hydrogens (tertiary/aromatic N) is 1. The quantitative estimate of drug-likeness (QED) is 0.910. The Kier molecular flexibility index (Phi) is 4.99. The van der Waals surface area contributed by atoms with Crippen LogP contribution in [0, 0.1) is 6.92 Å². The van der Waals surface area contributed by atoms with E-state index in [1.807, 2.05) is 25.3 Å². The van der Waals surface area contributed by atoms with E-state index in [1.165, 1.54) is 0 Å². The lowest BCUT2D eigenvalue weighted by atomic mass is 9.99. The Balaban J connectivity index is 2.44. The highest BCUT2D eigenvalue weighted by Crippen LogP contribution is 2.30. The average Bonchev–Trinajstić information content (AvgIpc) is 2.45. The van der Waals surface area contributed by atoms with Crippen molar-refractivity contribution in [2.24, 2.45) is 0 Å². The summed E-state index contributed by atoms with van der Waals surface area (Å²) >= 11 is 6.39. The van der Waals surface area contributed by atoms with Crippen LogP contribution in [0.1, 0.15) is 29.7 Å². The number of rotatable bonds is 5. The molecule has 0 aliphatic heterocycles. The van der Waals surface area contributed by atoms with E-state index in [0.29, 0.717) is 0 Å². The molecule has 2 rings (SSSR count). The number of ether oxygens (including phenoxy) is 1. The number of nitrogens with one attached hydrogen (secondary N) is 1. The first-order valence-electron chi connectivity index (χ1n) is 6.64. The molecule has 0 saturated carbocycles. The minimum absolute atomic E-state index is 0.00991. The zero-order valence-corrected chi connectivity index (χ0v) is 12.7. The maximum atomic E-state index is 6.39. The van der Waals surface area contributed by atoms with Crippen LogP contribution in [0.25, 0.3) is 0 Å². The number of hydrogen-bond acceptors (Lipinski definition) is 3. The molecule has 0 saturated heterocycles. The summed E-state index contributed by atoms with van der Waals surface area (Å²) in [5, 5.41) is 4.21. The zero-order valence-electron chi connectivity index (χ0n) is 12.0. The van der Waals surface area contributed by atoms with Crippen molar-refractivity contribution in [1.29, 1.82) is 0 Å². The Labute approximate surface area is 124 Å². The maximum absolute atomic E-state index is 6.39. The molecule has 1 atom stereocenters. The number of benzene rings is 1. The van der Waals surface area contributed by atoms with Gasteiger partial charge in [-0.3, -0.25) is 4.98 Å². The van der Waals surface area contributed by atoms with Crippen molar-refractivity contribution < 1.29 is 4.74 Å². The molecule has 0 aliphatic carbocycles. The van der Waals surface area contributed by atoms with E-state index in [1.54, 1.807) is 13.3 Å². The normalized spacial score (nSPS) is 12.2. The monoisotopic (exact) mass is 290 g/mol. The Bertz CT molecular complexity index is 586. The van der Waals surface area contributed by atoms with Crippen molar-refractivity contribution in [3.63, 3.8) is 0 Å². The molecule has 20 heavy (non-hydrogen) atoms. The largest absolute Gasteiger partial charge is 0.495 e. The fraction of sp³-hybridized carbons (Fsp3) is 0.312. The lowest BCUT2D eigenvalue weighted by molar-refractivity contribution is 0.411. The number of aromatic nitrogens is 1.